The second kappa shape index (κ2) is 6.43. The molecule has 1 heterocycles. The van der Waals surface area contributed by atoms with E-state index in [1.54, 1.807) is 24.3 Å². The maximum Gasteiger partial charge on any atom is 0.261 e. The molecule has 26 heavy (non-hydrogen) atoms. The van der Waals surface area contributed by atoms with Crippen molar-refractivity contribution in [2.75, 3.05) is 11.3 Å². The van der Waals surface area contributed by atoms with Crippen molar-refractivity contribution in [1.29, 1.82) is 0 Å². The molecule has 1 aliphatic heterocycles. The van der Waals surface area contributed by atoms with Gasteiger partial charge in [-0.05, 0) is 67.1 Å². The van der Waals surface area contributed by atoms with Crippen molar-refractivity contribution in [3.63, 3.8) is 0 Å². The molecule has 4 rings (SSSR count). The molecule has 0 unspecified atom stereocenters. The summed E-state index contributed by atoms with van der Waals surface area (Å²) in [5.74, 6) is 0.445. The van der Waals surface area contributed by atoms with Crippen molar-refractivity contribution in [3.8, 4) is 0 Å². The number of nitrogens with one attached hydrogen (secondary N) is 1. The number of benzene rings is 2. The zero-order chi connectivity index (χ0) is 18.3. The molecule has 1 fully saturated rings. The molecule has 0 radical (unpaired) electrons. The third kappa shape index (κ3) is 3.46. The molecule has 2 aromatic carbocycles. The molecule has 1 saturated carbocycles. The molecule has 0 spiro atoms. The van der Waals surface area contributed by atoms with Gasteiger partial charge in [0, 0.05) is 24.7 Å². The van der Waals surface area contributed by atoms with Crippen LogP contribution in [0.3, 0.4) is 0 Å². The fourth-order valence-corrected chi connectivity index (χ4v) is 4.55. The van der Waals surface area contributed by atoms with Crippen molar-refractivity contribution >= 4 is 21.6 Å². The predicted octanol–water partition coefficient (Wildman–Crippen LogP) is 3.09. The SMILES string of the molecule is Cc1cccc(S(=O)(=O)Nc2ccc3c(c2)CN(C(=O)C2CC2)CC3)c1. The molecule has 0 saturated heterocycles. The smallest absolute Gasteiger partial charge is 0.261 e. The van der Waals surface area contributed by atoms with Crippen molar-refractivity contribution in [3.05, 3.63) is 59.2 Å². The Morgan fingerprint density at radius 1 is 1.12 bits per heavy atom. The van der Waals surface area contributed by atoms with Gasteiger partial charge in [-0.2, -0.15) is 0 Å². The number of amides is 1. The number of fused-ring (bicyclic) bond motifs is 1. The van der Waals surface area contributed by atoms with Gasteiger partial charge >= 0.3 is 0 Å². The average molecular weight is 370 g/mol. The standard InChI is InChI=1S/C20H22N2O3S/c1-14-3-2-4-19(11-14)26(24,25)21-18-8-7-15-9-10-22(13-17(15)12-18)20(23)16-5-6-16/h2-4,7-8,11-12,16,21H,5-6,9-10,13H2,1H3. The Labute approximate surface area is 154 Å². The van der Waals surface area contributed by atoms with Crippen molar-refractivity contribution < 1.29 is 13.2 Å². The summed E-state index contributed by atoms with van der Waals surface area (Å²) >= 11 is 0. The van der Waals surface area contributed by atoms with Crippen molar-refractivity contribution in [2.45, 2.75) is 37.6 Å². The number of carbonyl (C=O) groups is 1. The summed E-state index contributed by atoms with van der Waals surface area (Å²) in [6, 6.07) is 12.4. The van der Waals surface area contributed by atoms with Crippen LogP contribution in [0.5, 0.6) is 0 Å². The summed E-state index contributed by atoms with van der Waals surface area (Å²) in [5, 5.41) is 0. The van der Waals surface area contributed by atoms with E-state index >= 15 is 0 Å². The Morgan fingerprint density at radius 3 is 2.65 bits per heavy atom. The summed E-state index contributed by atoms with van der Waals surface area (Å²) in [6.45, 7) is 3.17. The number of sulfonamides is 1. The molecular weight excluding hydrogens is 348 g/mol. The lowest BCUT2D eigenvalue weighted by Crippen LogP contribution is -2.36. The molecule has 1 amide bonds. The number of carbonyl (C=O) groups excluding carboxylic acids is 1. The van der Waals surface area contributed by atoms with Gasteiger partial charge in [-0.25, -0.2) is 8.42 Å². The van der Waals surface area contributed by atoms with Gasteiger partial charge in [0.2, 0.25) is 5.91 Å². The van der Waals surface area contributed by atoms with Crippen LogP contribution in [0.4, 0.5) is 5.69 Å². The van der Waals surface area contributed by atoms with E-state index in [0.717, 1.165) is 36.9 Å². The average Bonchev–Trinajstić information content (AvgIpc) is 3.45. The monoisotopic (exact) mass is 370 g/mol. The van der Waals surface area contributed by atoms with E-state index in [2.05, 4.69) is 4.72 Å². The molecule has 5 nitrogen and oxygen atoms in total. The highest BCUT2D eigenvalue weighted by Gasteiger charge is 2.34. The van der Waals surface area contributed by atoms with Gasteiger partial charge in [0.25, 0.3) is 10.0 Å². The minimum absolute atomic E-state index is 0.208. The molecule has 0 atom stereocenters. The van der Waals surface area contributed by atoms with Gasteiger partial charge in [0.1, 0.15) is 0 Å². The first-order valence-electron chi connectivity index (χ1n) is 8.92. The molecule has 1 N–H and O–H groups in total. The third-order valence-electron chi connectivity index (χ3n) is 5.01. The molecule has 1 aliphatic carbocycles. The Hall–Kier alpha value is -2.34. The van der Waals surface area contributed by atoms with E-state index in [4.69, 9.17) is 0 Å². The van der Waals surface area contributed by atoms with E-state index in [-0.39, 0.29) is 16.7 Å². The number of nitrogens with zero attached hydrogens (tertiary/aromatic N) is 1. The van der Waals surface area contributed by atoms with Crippen LogP contribution in [0.25, 0.3) is 0 Å². The maximum absolute atomic E-state index is 12.6. The molecule has 2 aliphatic rings. The number of rotatable bonds is 4. The number of hydrogen-bond donors (Lipinski definition) is 1. The molecule has 0 aromatic heterocycles. The van der Waals surface area contributed by atoms with E-state index < -0.39 is 10.0 Å². The first-order chi connectivity index (χ1) is 12.4. The van der Waals surface area contributed by atoms with Gasteiger partial charge in [0.15, 0.2) is 0 Å². The molecule has 6 heteroatoms. The zero-order valence-electron chi connectivity index (χ0n) is 14.7. The van der Waals surface area contributed by atoms with Crippen LogP contribution >= 0.6 is 0 Å². The Bertz CT molecular complexity index is 965. The van der Waals surface area contributed by atoms with E-state index in [0.29, 0.717) is 12.2 Å². The normalized spacial score (nSPS) is 16.9. The summed E-state index contributed by atoms with van der Waals surface area (Å²) in [5.41, 5.74) is 3.64. The van der Waals surface area contributed by atoms with Crippen LogP contribution in [0.15, 0.2) is 47.4 Å². The highest BCUT2D eigenvalue weighted by atomic mass is 32.2. The highest BCUT2D eigenvalue weighted by molar-refractivity contribution is 7.92. The first-order valence-corrected chi connectivity index (χ1v) is 10.4. The summed E-state index contributed by atoms with van der Waals surface area (Å²) < 4.78 is 27.9. The first kappa shape index (κ1) is 17.1. The largest absolute Gasteiger partial charge is 0.338 e. The second-order valence-corrected chi connectivity index (χ2v) is 8.87. The predicted molar refractivity (Wildman–Crippen MR) is 100 cm³/mol. The highest BCUT2D eigenvalue weighted by Crippen LogP contribution is 2.33. The third-order valence-corrected chi connectivity index (χ3v) is 6.39. The maximum atomic E-state index is 12.6. The number of anilines is 1. The van der Waals surface area contributed by atoms with E-state index in [1.807, 2.05) is 30.0 Å². The lowest BCUT2D eigenvalue weighted by Gasteiger charge is -2.29. The summed E-state index contributed by atoms with van der Waals surface area (Å²) in [4.78, 5) is 14.5. The lowest BCUT2D eigenvalue weighted by atomic mass is 9.99. The zero-order valence-corrected chi connectivity index (χ0v) is 15.6. The summed E-state index contributed by atoms with van der Waals surface area (Å²) in [7, 11) is -3.63. The lowest BCUT2D eigenvalue weighted by molar-refractivity contribution is -0.133. The van der Waals surface area contributed by atoms with Crippen LogP contribution in [0.1, 0.15) is 29.5 Å². The Balaban J connectivity index is 1.55. The molecule has 2 aromatic rings. The van der Waals surface area contributed by atoms with Crippen LogP contribution in [-0.2, 0) is 27.8 Å². The fraction of sp³-hybridized carbons (Fsp3) is 0.350. The van der Waals surface area contributed by atoms with E-state index in [1.165, 1.54) is 5.56 Å². The number of aryl methyl sites for hydroxylation is 1. The van der Waals surface area contributed by atoms with Gasteiger partial charge in [-0.1, -0.05) is 18.2 Å². The molecule has 136 valence electrons. The van der Waals surface area contributed by atoms with Gasteiger partial charge in [-0.3, -0.25) is 9.52 Å². The van der Waals surface area contributed by atoms with Crippen LogP contribution in [0, 0.1) is 12.8 Å². The van der Waals surface area contributed by atoms with Gasteiger partial charge in [0.05, 0.1) is 4.90 Å². The van der Waals surface area contributed by atoms with Gasteiger partial charge < -0.3 is 4.90 Å². The quantitative estimate of drug-likeness (QED) is 0.899. The van der Waals surface area contributed by atoms with Crippen LogP contribution in [0.2, 0.25) is 0 Å². The van der Waals surface area contributed by atoms with Crippen molar-refractivity contribution in [1.82, 2.24) is 4.90 Å². The molecule has 0 bridgehead atoms. The topological polar surface area (TPSA) is 66.5 Å². The van der Waals surface area contributed by atoms with Crippen LogP contribution < -0.4 is 4.72 Å². The molecular formula is C20H22N2O3S. The van der Waals surface area contributed by atoms with Crippen molar-refractivity contribution in [2.24, 2.45) is 5.92 Å². The second-order valence-electron chi connectivity index (χ2n) is 7.19. The fourth-order valence-electron chi connectivity index (χ4n) is 3.39. The minimum Gasteiger partial charge on any atom is -0.338 e. The van der Waals surface area contributed by atoms with Crippen LogP contribution in [-0.4, -0.2) is 25.8 Å². The van der Waals surface area contributed by atoms with Gasteiger partial charge in [-0.15, -0.1) is 0 Å². The minimum atomic E-state index is -3.63. The Kier molecular flexibility index (Phi) is 4.23. The Morgan fingerprint density at radius 2 is 1.92 bits per heavy atom. The van der Waals surface area contributed by atoms with E-state index in [9.17, 15) is 13.2 Å². The summed E-state index contributed by atoms with van der Waals surface area (Å²) in [6.07, 6.45) is 2.82. The number of hydrogen-bond acceptors (Lipinski definition) is 3.